The Balaban J connectivity index is 2.37. The van der Waals surface area contributed by atoms with Crippen LogP contribution >= 0.6 is 0 Å². The lowest BCUT2D eigenvalue weighted by atomic mass is 9.77. The molecule has 1 aromatic carbocycles. The van der Waals surface area contributed by atoms with Gasteiger partial charge in [0.05, 0.1) is 23.7 Å². The van der Waals surface area contributed by atoms with Gasteiger partial charge in [-0.2, -0.15) is 5.26 Å². The molecule has 0 aliphatic carbocycles. The van der Waals surface area contributed by atoms with E-state index in [0.717, 1.165) is 11.0 Å². The quantitative estimate of drug-likeness (QED) is 0.843. The van der Waals surface area contributed by atoms with Crippen LogP contribution in [-0.2, 0) is 15.7 Å². The van der Waals surface area contributed by atoms with Gasteiger partial charge in [-0.15, -0.1) is 0 Å². The highest BCUT2D eigenvalue weighted by Crippen LogP contribution is 2.38. The van der Waals surface area contributed by atoms with Crippen molar-refractivity contribution < 1.29 is 13.7 Å². The summed E-state index contributed by atoms with van der Waals surface area (Å²) in [5.74, 6) is -0.332. The van der Waals surface area contributed by atoms with Crippen molar-refractivity contribution >= 4 is 13.2 Å². The standard InChI is InChI=1S/C18H24BFN2O2/c1-17(2)18(3,4)24-19(23-17)15(12-22-5)11-14-10-13(8-9-21)6-7-16(14)20/h6-7,10-11,22H,8,12H2,1-5H3. The first-order valence-electron chi connectivity index (χ1n) is 8.06. The van der Waals surface area contributed by atoms with Gasteiger partial charge in [0, 0.05) is 12.1 Å². The van der Waals surface area contributed by atoms with Crippen molar-refractivity contribution in [1.29, 1.82) is 5.26 Å². The van der Waals surface area contributed by atoms with Crippen molar-refractivity contribution in [2.75, 3.05) is 13.6 Å². The maximum absolute atomic E-state index is 14.2. The van der Waals surface area contributed by atoms with E-state index in [0.29, 0.717) is 12.1 Å². The van der Waals surface area contributed by atoms with Gasteiger partial charge in [-0.3, -0.25) is 0 Å². The van der Waals surface area contributed by atoms with Crippen LogP contribution in [0, 0.1) is 17.1 Å². The fourth-order valence-corrected chi connectivity index (χ4v) is 2.51. The van der Waals surface area contributed by atoms with Crippen molar-refractivity contribution in [2.24, 2.45) is 0 Å². The minimum atomic E-state index is -0.540. The largest absolute Gasteiger partial charge is 0.491 e. The van der Waals surface area contributed by atoms with Gasteiger partial charge in [0.25, 0.3) is 0 Å². The second kappa shape index (κ2) is 7.06. The van der Waals surface area contributed by atoms with Crippen molar-refractivity contribution in [1.82, 2.24) is 5.32 Å². The van der Waals surface area contributed by atoms with Crippen LogP contribution < -0.4 is 5.32 Å². The van der Waals surface area contributed by atoms with Gasteiger partial charge in [-0.1, -0.05) is 12.1 Å². The highest BCUT2D eigenvalue weighted by molar-refractivity contribution is 6.55. The second-order valence-corrected chi connectivity index (χ2v) is 7.03. The van der Waals surface area contributed by atoms with Gasteiger partial charge >= 0.3 is 7.12 Å². The third-order valence-electron chi connectivity index (χ3n) is 4.62. The average Bonchev–Trinajstić information content (AvgIpc) is 2.70. The summed E-state index contributed by atoms with van der Waals surface area (Å²) in [4.78, 5) is 0. The van der Waals surface area contributed by atoms with Crippen molar-refractivity contribution in [3.05, 3.63) is 40.6 Å². The monoisotopic (exact) mass is 330 g/mol. The lowest BCUT2D eigenvalue weighted by molar-refractivity contribution is 0.00578. The van der Waals surface area contributed by atoms with Crippen LogP contribution in [0.2, 0.25) is 0 Å². The van der Waals surface area contributed by atoms with E-state index in [1.807, 2.05) is 34.7 Å². The van der Waals surface area contributed by atoms with Crippen LogP contribution in [0.3, 0.4) is 0 Å². The number of rotatable bonds is 5. The van der Waals surface area contributed by atoms with E-state index in [1.54, 1.807) is 18.2 Å². The molecule has 2 rings (SSSR count). The topological polar surface area (TPSA) is 54.3 Å². The zero-order chi connectivity index (χ0) is 18.0. The predicted molar refractivity (Wildman–Crippen MR) is 93.7 cm³/mol. The van der Waals surface area contributed by atoms with E-state index in [1.165, 1.54) is 6.07 Å². The summed E-state index contributed by atoms with van der Waals surface area (Å²) in [5, 5.41) is 11.9. The number of hydrogen-bond donors (Lipinski definition) is 1. The van der Waals surface area contributed by atoms with Crippen LogP contribution in [0.1, 0.15) is 38.8 Å². The van der Waals surface area contributed by atoms with E-state index in [-0.39, 0.29) is 12.2 Å². The molecule has 0 aromatic heterocycles. The molecule has 1 aromatic rings. The van der Waals surface area contributed by atoms with Crippen molar-refractivity contribution in [3.63, 3.8) is 0 Å². The first-order chi connectivity index (χ1) is 11.2. The van der Waals surface area contributed by atoms with E-state index in [9.17, 15) is 4.39 Å². The van der Waals surface area contributed by atoms with E-state index in [4.69, 9.17) is 14.6 Å². The minimum Gasteiger partial charge on any atom is -0.400 e. The van der Waals surface area contributed by atoms with E-state index < -0.39 is 18.3 Å². The van der Waals surface area contributed by atoms with Gasteiger partial charge < -0.3 is 14.6 Å². The summed E-state index contributed by atoms with van der Waals surface area (Å²) in [6.45, 7) is 8.45. The van der Waals surface area contributed by atoms with Crippen LogP contribution in [0.15, 0.2) is 23.7 Å². The fourth-order valence-electron chi connectivity index (χ4n) is 2.51. The number of nitriles is 1. The Kier molecular flexibility index (Phi) is 5.49. The molecule has 0 spiro atoms. The molecule has 0 saturated carbocycles. The molecule has 1 heterocycles. The van der Waals surface area contributed by atoms with Gasteiger partial charge in [-0.05, 0) is 57.9 Å². The Labute approximate surface area is 143 Å². The summed E-state index contributed by atoms with van der Waals surface area (Å²) in [5.41, 5.74) is 1.12. The maximum atomic E-state index is 14.2. The molecule has 0 amide bonds. The van der Waals surface area contributed by atoms with E-state index in [2.05, 4.69) is 11.4 Å². The number of hydrogen-bond acceptors (Lipinski definition) is 4. The molecule has 128 valence electrons. The summed E-state index contributed by atoms with van der Waals surface area (Å²) >= 11 is 0. The smallest absolute Gasteiger partial charge is 0.400 e. The number of nitrogens with one attached hydrogen (secondary N) is 1. The molecular formula is C18H24BFN2O2. The molecule has 1 saturated heterocycles. The molecule has 0 atom stereocenters. The van der Waals surface area contributed by atoms with Crippen LogP contribution in [0.25, 0.3) is 6.08 Å². The summed E-state index contributed by atoms with van der Waals surface area (Å²) in [6, 6.07) is 6.79. The third kappa shape index (κ3) is 3.86. The molecule has 1 aliphatic heterocycles. The molecule has 0 radical (unpaired) electrons. The SMILES string of the molecule is CNCC(=Cc1cc(CC#N)ccc1F)B1OC(C)(C)C(C)(C)O1. The first kappa shape index (κ1) is 18.7. The fraction of sp³-hybridized carbons (Fsp3) is 0.500. The summed E-state index contributed by atoms with van der Waals surface area (Å²) < 4.78 is 26.3. The Hall–Kier alpha value is -1.68. The van der Waals surface area contributed by atoms with Crippen LogP contribution in [0.4, 0.5) is 4.39 Å². The molecule has 4 nitrogen and oxygen atoms in total. The molecule has 6 heteroatoms. The number of nitrogens with zero attached hydrogens (tertiary/aromatic N) is 1. The molecular weight excluding hydrogens is 306 g/mol. The molecule has 0 bridgehead atoms. The molecule has 1 N–H and O–H groups in total. The first-order valence-corrected chi connectivity index (χ1v) is 8.06. The lowest BCUT2D eigenvalue weighted by Crippen LogP contribution is -2.41. The summed E-state index contributed by atoms with van der Waals surface area (Å²) in [6.07, 6.45) is 1.99. The van der Waals surface area contributed by atoms with Gasteiger partial charge in [-0.25, -0.2) is 4.39 Å². The second-order valence-electron chi connectivity index (χ2n) is 7.03. The van der Waals surface area contributed by atoms with E-state index >= 15 is 0 Å². The number of benzene rings is 1. The number of likely N-dealkylation sites (N-methyl/N-ethyl adjacent to an activating group) is 1. The highest BCUT2D eigenvalue weighted by atomic mass is 19.1. The molecule has 1 fully saturated rings. The Morgan fingerprint density at radius 2 is 1.92 bits per heavy atom. The molecule has 24 heavy (non-hydrogen) atoms. The van der Waals surface area contributed by atoms with Crippen LogP contribution in [0.5, 0.6) is 0 Å². The molecule has 1 aliphatic rings. The Bertz CT molecular complexity index is 664. The van der Waals surface area contributed by atoms with Gasteiger partial charge in [0.1, 0.15) is 5.82 Å². The Morgan fingerprint density at radius 3 is 2.46 bits per heavy atom. The predicted octanol–water partition coefficient (Wildman–Crippen LogP) is 3.13. The zero-order valence-corrected chi connectivity index (χ0v) is 14.9. The summed E-state index contributed by atoms with van der Waals surface area (Å²) in [7, 11) is 1.28. The normalized spacial score (nSPS) is 19.4. The van der Waals surface area contributed by atoms with Crippen LogP contribution in [-0.4, -0.2) is 31.9 Å². The zero-order valence-electron chi connectivity index (χ0n) is 14.9. The number of halogens is 1. The highest BCUT2D eigenvalue weighted by Gasteiger charge is 2.52. The maximum Gasteiger partial charge on any atom is 0.491 e. The van der Waals surface area contributed by atoms with Crippen molar-refractivity contribution in [2.45, 2.75) is 45.3 Å². The Morgan fingerprint density at radius 1 is 1.29 bits per heavy atom. The third-order valence-corrected chi connectivity index (χ3v) is 4.62. The average molecular weight is 330 g/mol. The lowest BCUT2D eigenvalue weighted by Gasteiger charge is -2.32. The van der Waals surface area contributed by atoms with Gasteiger partial charge in [0.15, 0.2) is 0 Å². The van der Waals surface area contributed by atoms with Gasteiger partial charge in [0.2, 0.25) is 0 Å². The molecule has 0 unspecified atom stereocenters. The van der Waals surface area contributed by atoms with Crippen molar-refractivity contribution in [3.8, 4) is 6.07 Å². The minimum absolute atomic E-state index is 0.249.